The lowest BCUT2D eigenvalue weighted by molar-refractivity contribution is -0.138. The second-order valence-electron chi connectivity index (χ2n) is 4.13. The second-order valence-corrected chi connectivity index (χ2v) is 4.13. The Labute approximate surface area is 118 Å². The molecule has 0 fully saturated rings. The number of nitrogens with one attached hydrogen (secondary N) is 1. The average molecular weight is 296 g/mol. The van der Waals surface area contributed by atoms with Crippen molar-refractivity contribution in [1.82, 2.24) is 9.97 Å². The van der Waals surface area contributed by atoms with Crippen molar-refractivity contribution in [3.63, 3.8) is 0 Å². The zero-order valence-corrected chi connectivity index (χ0v) is 10.7. The van der Waals surface area contributed by atoms with Crippen LogP contribution in [0.25, 0.3) is 0 Å². The zero-order valence-electron chi connectivity index (χ0n) is 10.7. The molecule has 1 aromatic carbocycles. The van der Waals surface area contributed by atoms with Crippen LogP contribution in [0.4, 0.5) is 19.0 Å². The Morgan fingerprint density at radius 2 is 1.86 bits per heavy atom. The third-order valence-electron chi connectivity index (χ3n) is 2.70. The number of rotatable bonds is 4. The van der Waals surface area contributed by atoms with Crippen LogP contribution in [-0.2, 0) is 12.7 Å². The summed E-state index contributed by atoms with van der Waals surface area (Å²) in [4.78, 5) is 18.8. The van der Waals surface area contributed by atoms with Gasteiger partial charge in [0.2, 0.25) is 0 Å². The summed E-state index contributed by atoms with van der Waals surface area (Å²) in [5.74, 6) is -0.767. The number of nitrogens with two attached hydrogens (primary N) is 1. The van der Waals surface area contributed by atoms with E-state index in [4.69, 9.17) is 5.73 Å². The number of anilines is 1. The molecular weight excluding hydrogens is 285 g/mol. The molecule has 3 N–H and O–H groups in total. The number of hydrogen-bond donors (Lipinski definition) is 2. The second kappa shape index (κ2) is 5.78. The van der Waals surface area contributed by atoms with Gasteiger partial charge in [-0.1, -0.05) is 18.2 Å². The van der Waals surface area contributed by atoms with E-state index in [1.165, 1.54) is 30.6 Å². The minimum Gasteiger partial charge on any atom is -0.364 e. The highest BCUT2D eigenvalue weighted by molar-refractivity contribution is 5.95. The third-order valence-corrected chi connectivity index (χ3v) is 2.70. The van der Waals surface area contributed by atoms with Crippen molar-refractivity contribution >= 4 is 11.7 Å². The monoisotopic (exact) mass is 296 g/mol. The maximum atomic E-state index is 12.9. The fraction of sp³-hybridized carbons (Fsp3) is 0.154. The largest absolute Gasteiger partial charge is 0.416 e. The van der Waals surface area contributed by atoms with Gasteiger partial charge in [-0.25, -0.2) is 9.97 Å². The van der Waals surface area contributed by atoms with Gasteiger partial charge in [0, 0.05) is 18.9 Å². The molecule has 0 bridgehead atoms. The lowest BCUT2D eigenvalue weighted by atomic mass is 10.1. The highest BCUT2D eigenvalue weighted by Crippen LogP contribution is 2.32. The van der Waals surface area contributed by atoms with E-state index in [1.807, 2.05) is 0 Å². The molecule has 2 rings (SSSR count). The number of halogens is 3. The Hall–Kier alpha value is -2.64. The molecule has 0 saturated heterocycles. The molecule has 1 aromatic heterocycles. The molecule has 5 nitrogen and oxygen atoms in total. The molecule has 21 heavy (non-hydrogen) atoms. The summed E-state index contributed by atoms with van der Waals surface area (Å²) < 4.78 is 38.6. The van der Waals surface area contributed by atoms with Gasteiger partial charge in [0.05, 0.1) is 5.56 Å². The summed E-state index contributed by atoms with van der Waals surface area (Å²) in [6, 6.07) is 5.14. The molecule has 1 heterocycles. The first-order valence-electron chi connectivity index (χ1n) is 5.89. The van der Waals surface area contributed by atoms with Crippen molar-refractivity contribution in [2.45, 2.75) is 12.7 Å². The van der Waals surface area contributed by atoms with E-state index >= 15 is 0 Å². The predicted molar refractivity (Wildman–Crippen MR) is 69.3 cm³/mol. The predicted octanol–water partition coefficient (Wildman–Crippen LogP) is 2.21. The zero-order chi connectivity index (χ0) is 15.5. The van der Waals surface area contributed by atoms with E-state index in [-0.39, 0.29) is 23.6 Å². The SMILES string of the molecule is NC(=O)c1nccnc1NCc1ccccc1C(F)(F)F. The number of nitrogens with zero attached hydrogens (tertiary/aromatic N) is 2. The Bertz CT molecular complexity index is 658. The van der Waals surface area contributed by atoms with Gasteiger partial charge in [0.25, 0.3) is 5.91 Å². The fourth-order valence-corrected chi connectivity index (χ4v) is 1.78. The molecule has 0 radical (unpaired) electrons. The summed E-state index contributed by atoms with van der Waals surface area (Å²) in [5.41, 5.74) is 4.28. The smallest absolute Gasteiger partial charge is 0.364 e. The number of amides is 1. The third kappa shape index (κ3) is 3.47. The van der Waals surface area contributed by atoms with E-state index in [2.05, 4.69) is 15.3 Å². The van der Waals surface area contributed by atoms with E-state index in [0.29, 0.717) is 0 Å². The number of carbonyl (C=O) groups is 1. The summed E-state index contributed by atoms with van der Waals surface area (Å²) >= 11 is 0. The molecule has 0 aliphatic heterocycles. The number of aromatic nitrogens is 2. The Balaban J connectivity index is 2.24. The van der Waals surface area contributed by atoms with Crippen LogP contribution in [0.15, 0.2) is 36.7 Å². The van der Waals surface area contributed by atoms with Gasteiger partial charge in [-0.3, -0.25) is 4.79 Å². The lowest BCUT2D eigenvalue weighted by Crippen LogP contribution is -2.18. The van der Waals surface area contributed by atoms with Crippen molar-refractivity contribution in [1.29, 1.82) is 0 Å². The molecule has 0 aliphatic rings. The Morgan fingerprint density at radius 3 is 2.52 bits per heavy atom. The van der Waals surface area contributed by atoms with Crippen LogP contribution in [0.2, 0.25) is 0 Å². The van der Waals surface area contributed by atoms with Gasteiger partial charge in [0.1, 0.15) is 0 Å². The fourth-order valence-electron chi connectivity index (χ4n) is 1.78. The number of alkyl halides is 3. The van der Waals surface area contributed by atoms with Gasteiger partial charge < -0.3 is 11.1 Å². The van der Waals surface area contributed by atoms with Crippen molar-refractivity contribution in [3.8, 4) is 0 Å². The molecule has 110 valence electrons. The maximum Gasteiger partial charge on any atom is 0.416 e. The molecule has 0 aliphatic carbocycles. The van der Waals surface area contributed by atoms with E-state index in [1.54, 1.807) is 0 Å². The van der Waals surface area contributed by atoms with Gasteiger partial charge in [0.15, 0.2) is 11.5 Å². The number of hydrogen-bond acceptors (Lipinski definition) is 4. The first-order valence-corrected chi connectivity index (χ1v) is 5.89. The minimum absolute atomic E-state index is 0.0334. The topological polar surface area (TPSA) is 80.9 Å². The van der Waals surface area contributed by atoms with Crippen molar-refractivity contribution in [2.24, 2.45) is 5.73 Å². The molecular formula is C13H11F3N4O. The van der Waals surface area contributed by atoms with E-state index < -0.39 is 17.6 Å². The average Bonchev–Trinajstić information content (AvgIpc) is 2.44. The first-order chi connectivity index (χ1) is 9.89. The van der Waals surface area contributed by atoms with Crippen molar-refractivity contribution in [2.75, 3.05) is 5.32 Å². The summed E-state index contributed by atoms with van der Waals surface area (Å²) in [5, 5.41) is 2.65. The minimum atomic E-state index is -4.45. The van der Waals surface area contributed by atoms with Gasteiger partial charge in [-0.15, -0.1) is 0 Å². The van der Waals surface area contributed by atoms with Crippen LogP contribution in [0.3, 0.4) is 0 Å². The molecule has 1 amide bonds. The number of primary amides is 1. The van der Waals surface area contributed by atoms with Crippen LogP contribution in [0.1, 0.15) is 21.6 Å². The van der Waals surface area contributed by atoms with Gasteiger partial charge in [-0.05, 0) is 11.6 Å². The number of benzene rings is 1. The Kier molecular flexibility index (Phi) is 4.06. The van der Waals surface area contributed by atoms with Crippen LogP contribution in [0, 0.1) is 0 Å². The van der Waals surface area contributed by atoms with E-state index in [9.17, 15) is 18.0 Å². The summed E-state index contributed by atoms with van der Waals surface area (Å²) in [6.07, 6.45) is -1.87. The normalized spacial score (nSPS) is 11.2. The first kappa shape index (κ1) is 14.8. The molecule has 8 heteroatoms. The quantitative estimate of drug-likeness (QED) is 0.906. The highest BCUT2D eigenvalue weighted by Gasteiger charge is 2.32. The summed E-state index contributed by atoms with van der Waals surface area (Å²) in [6.45, 7) is -0.158. The molecule has 2 aromatic rings. The van der Waals surface area contributed by atoms with E-state index in [0.717, 1.165) is 6.07 Å². The van der Waals surface area contributed by atoms with Crippen LogP contribution in [0.5, 0.6) is 0 Å². The Morgan fingerprint density at radius 1 is 1.19 bits per heavy atom. The molecule has 0 saturated carbocycles. The molecule has 0 unspecified atom stereocenters. The van der Waals surface area contributed by atoms with Gasteiger partial charge >= 0.3 is 6.18 Å². The molecule has 0 atom stereocenters. The highest BCUT2D eigenvalue weighted by atomic mass is 19.4. The van der Waals surface area contributed by atoms with Crippen molar-refractivity contribution in [3.05, 3.63) is 53.5 Å². The maximum absolute atomic E-state index is 12.9. The lowest BCUT2D eigenvalue weighted by Gasteiger charge is -2.14. The van der Waals surface area contributed by atoms with Gasteiger partial charge in [-0.2, -0.15) is 13.2 Å². The number of carbonyl (C=O) groups excluding carboxylic acids is 1. The standard InChI is InChI=1S/C13H11F3N4O/c14-13(15,16)9-4-2-1-3-8(9)7-20-12-10(11(17)21)18-5-6-19-12/h1-6H,7H2,(H2,17,21)(H,19,20). The van der Waals surface area contributed by atoms with Crippen LogP contribution >= 0.6 is 0 Å². The molecule has 0 spiro atoms. The summed E-state index contributed by atoms with van der Waals surface area (Å²) in [7, 11) is 0. The van der Waals surface area contributed by atoms with Crippen LogP contribution in [-0.4, -0.2) is 15.9 Å². The van der Waals surface area contributed by atoms with Crippen LogP contribution < -0.4 is 11.1 Å². The van der Waals surface area contributed by atoms with Crippen molar-refractivity contribution < 1.29 is 18.0 Å².